The van der Waals surface area contributed by atoms with Crippen LogP contribution in [0.2, 0.25) is 0 Å². The Bertz CT molecular complexity index is 589. The van der Waals surface area contributed by atoms with Crippen LogP contribution in [-0.4, -0.2) is 19.0 Å². The van der Waals surface area contributed by atoms with Gasteiger partial charge in [0.25, 0.3) is 5.91 Å². The number of nitrogens with zero attached hydrogens (tertiary/aromatic N) is 1. The second-order valence-corrected chi connectivity index (χ2v) is 5.93. The average molecular weight is 394 g/mol. The summed E-state index contributed by atoms with van der Waals surface area (Å²) >= 11 is 2.22. The summed E-state index contributed by atoms with van der Waals surface area (Å²) in [5, 5.41) is 2.92. The molecule has 0 aliphatic carbocycles. The molecule has 0 saturated carbocycles. The maximum Gasteiger partial charge on any atom is 0.255 e. The molecule has 110 valence electrons. The van der Waals surface area contributed by atoms with E-state index in [4.69, 9.17) is 0 Å². The van der Waals surface area contributed by atoms with E-state index in [9.17, 15) is 4.79 Å². The smallest absolute Gasteiger partial charge is 0.255 e. The third-order valence-corrected chi connectivity index (χ3v) is 4.08. The first kappa shape index (κ1) is 15.8. The fraction of sp³-hybridized carbons (Fsp3) is 0.235. The number of hydrogen-bond acceptors (Lipinski definition) is 2. The van der Waals surface area contributed by atoms with Crippen LogP contribution < -0.4 is 10.2 Å². The predicted octanol–water partition coefficient (Wildman–Crippen LogP) is 4.39. The lowest BCUT2D eigenvalue weighted by atomic mass is 10.2. The summed E-state index contributed by atoms with van der Waals surface area (Å²) in [5.41, 5.74) is 2.66. The van der Waals surface area contributed by atoms with Crippen molar-refractivity contribution in [3.63, 3.8) is 0 Å². The lowest BCUT2D eigenvalue weighted by Gasteiger charge is -2.21. The fourth-order valence-corrected chi connectivity index (χ4v) is 2.51. The highest BCUT2D eigenvalue weighted by atomic mass is 127. The lowest BCUT2D eigenvalue weighted by Crippen LogP contribution is -2.21. The zero-order valence-corrected chi connectivity index (χ0v) is 14.4. The molecule has 2 aromatic rings. The number of rotatable bonds is 5. The molecule has 2 rings (SSSR count). The van der Waals surface area contributed by atoms with Crippen LogP contribution in [0.4, 0.5) is 11.4 Å². The van der Waals surface area contributed by atoms with Crippen molar-refractivity contribution in [3.05, 3.63) is 57.7 Å². The van der Waals surface area contributed by atoms with E-state index in [-0.39, 0.29) is 5.91 Å². The highest BCUT2D eigenvalue weighted by molar-refractivity contribution is 14.1. The molecule has 0 aromatic heterocycles. The van der Waals surface area contributed by atoms with Crippen LogP contribution in [0.1, 0.15) is 24.2 Å². The average Bonchev–Trinajstić information content (AvgIpc) is 2.51. The fourth-order valence-electron chi connectivity index (χ4n) is 2.15. The molecule has 1 N–H and O–H groups in total. The standard InChI is InChI=1S/C17H19IN2O/c1-3-20(4-2)16-11-9-15(10-12-16)19-17(21)13-5-7-14(18)8-6-13/h5-12H,3-4H2,1-2H3,(H,19,21). The van der Waals surface area contributed by atoms with Gasteiger partial charge in [-0.2, -0.15) is 0 Å². The Morgan fingerprint density at radius 3 is 2.10 bits per heavy atom. The minimum Gasteiger partial charge on any atom is -0.372 e. The highest BCUT2D eigenvalue weighted by Gasteiger charge is 2.06. The first-order valence-electron chi connectivity index (χ1n) is 7.06. The second-order valence-electron chi connectivity index (χ2n) is 4.68. The number of nitrogens with one attached hydrogen (secondary N) is 1. The van der Waals surface area contributed by atoms with Gasteiger partial charge in [0, 0.05) is 33.6 Å². The molecular weight excluding hydrogens is 375 g/mol. The zero-order chi connectivity index (χ0) is 15.2. The summed E-state index contributed by atoms with van der Waals surface area (Å²) in [6.07, 6.45) is 0. The lowest BCUT2D eigenvalue weighted by molar-refractivity contribution is 0.102. The molecule has 3 nitrogen and oxygen atoms in total. The van der Waals surface area contributed by atoms with Crippen LogP contribution in [0.3, 0.4) is 0 Å². The Morgan fingerprint density at radius 2 is 1.57 bits per heavy atom. The number of carbonyl (C=O) groups is 1. The maximum atomic E-state index is 12.1. The Labute approximate surface area is 139 Å². The normalized spacial score (nSPS) is 10.2. The Morgan fingerprint density at radius 1 is 1.00 bits per heavy atom. The summed E-state index contributed by atoms with van der Waals surface area (Å²) in [5.74, 6) is -0.0815. The molecule has 2 aromatic carbocycles. The molecule has 21 heavy (non-hydrogen) atoms. The molecule has 0 radical (unpaired) electrons. The van der Waals surface area contributed by atoms with E-state index >= 15 is 0 Å². The van der Waals surface area contributed by atoms with Crippen molar-refractivity contribution in [2.75, 3.05) is 23.3 Å². The summed E-state index contributed by atoms with van der Waals surface area (Å²) in [6.45, 7) is 6.22. The van der Waals surface area contributed by atoms with E-state index in [2.05, 4.69) is 46.7 Å². The van der Waals surface area contributed by atoms with Gasteiger partial charge in [-0.25, -0.2) is 0 Å². The third kappa shape index (κ3) is 4.20. The van der Waals surface area contributed by atoms with Gasteiger partial charge in [0.1, 0.15) is 0 Å². The minimum absolute atomic E-state index is 0.0815. The molecule has 0 spiro atoms. The molecule has 0 aliphatic rings. The topological polar surface area (TPSA) is 32.3 Å². The highest BCUT2D eigenvalue weighted by Crippen LogP contribution is 2.18. The molecule has 0 saturated heterocycles. The number of amides is 1. The van der Waals surface area contributed by atoms with E-state index < -0.39 is 0 Å². The Hall–Kier alpha value is -1.56. The van der Waals surface area contributed by atoms with Crippen LogP contribution in [-0.2, 0) is 0 Å². The molecule has 0 bridgehead atoms. The summed E-state index contributed by atoms with van der Waals surface area (Å²) in [6, 6.07) is 15.5. The van der Waals surface area contributed by atoms with Gasteiger partial charge in [0.15, 0.2) is 0 Å². The van der Waals surface area contributed by atoms with Crippen molar-refractivity contribution < 1.29 is 4.79 Å². The van der Waals surface area contributed by atoms with Gasteiger partial charge in [-0.3, -0.25) is 4.79 Å². The van der Waals surface area contributed by atoms with Gasteiger partial charge in [0.2, 0.25) is 0 Å². The zero-order valence-electron chi connectivity index (χ0n) is 12.3. The van der Waals surface area contributed by atoms with Crippen molar-refractivity contribution in [3.8, 4) is 0 Å². The van der Waals surface area contributed by atoms with E-state index in [1.807, 2.05) is 48.5 Å². The van der Waals surface area contributed by atoms with Gasteiger partial charge in [-0.05, 0) is 85.0 Å². The van der Waals surface area contributed by atoms with Crippen LogP contribution in [0.25, 0.3) is 0 Å². The summed E-state index contributed by atoms with van der Waals surface area (Å²) in [4.78, 5) is 14.4. The largest absolute Gasteiger partial charge is 0.372 e. The molecular formula is C17H19IN2O. The predicted molar refractivity (Wildman–Crippen MR) is 97.1 cm³/mol. The van der Waals surface area contributed by atoms with Gasteiger partial charge in [0.05, 0.1) is 0 Å². The van der Waals surface area contributed by atoms with E-state index in [1.54, 1.807) is 0 Å². The van der Waals surface area contributed by atoms with Gasteiger partial charge >= 0.3 is 0 Å². The molecule has 1 amide bonds. The van der Waals surface area contributed by atoms with Crippen LogP contribution >= 0.6 is 22.6 Å². The van der Waals surface area contributed by atoms with Crippen molar-refractivity contribution >= 4 is 39.9 Å². The van der Waals surface area contributed by atoms with Crippen molar-refractivity contribution in [2.24, 2.45) is 0 Å². The number of benzene rings is 2. The minimum atomic E-state index is -0.0815. The quantitative estimate of drug-likeness (QED) is 0.763. The first-order valence-corrected chi connectivity index (χ1v) is 8.13. The number of anilines is 2. The Kier molecular flexibility index (Phi) is 5.61. The van der Waals surface area contributed by atoms with Crippen LogP contribution in [0, 0.1) is 3.57 Å². The molecule has 4 heteroatoms. The molecule has 0 fully saturated rings. The number of halogens is 1. The third-order valence-electron chi connectivity index (χ3n) is 3.36. The molecule has 0 atom stereocenters. The van der Waals surface area contributed by atoms with E-state index in [0.29, 0.717) is 5.56 Å². The van der Waals surface area contributed by atoms with Crippen LogP contribution in [0.5, 0.6) is 0 Å². The van der Waals surface area contributed by atoms with Crippen molar-refractivity contribution in [2.45, 2.75) is 13.8 Å². The number of hydrogen-bond donors (Lipinski definition) is 1. The molecule has 0 unspecified atom stereocenters. The van der Waals surface area contributed by atoms with Gasteiger partial charge < -0.3 is 10.2 Å². The monoisotopic (exact) mass is 394 g/mol. The van der Waals surface area contributed by atoms with Gasteiger partial charge in [-0.1, -0.05) is 0 Å². The molecule has 0 heterocycles. The summed E-state index contributed by atoms with van der Waals surface area (Å²) in [7, 11) is 0. The summed E-state index contributed by atoms with van der Waals surface area (Å²) < 4.78 is 1.12. The van der Waals surface area contributed by atoms with Crippen molar-refractivity contribution in [1.82, 2.24) is 0 Å². The maximum absolute atomic E-state index is 12.1. The second kappa shape index (κ2) is 7.45. The van der Waals surface area contributed by atoms with Crippen molar-refractivity contribution in [1.29, 1.82) is 0 Å². The number of carbonyl (C=O) groups excluding carboxylic acids is 1. The van der Waals surface area contributed by atoms with E-state index in [0.717, 1.165) is 22.3 Å². The van der Waals surface area contributed by atoms with E-state index in [1.165, 1.54) is 5.69 Å². The first-order chi connectivity index (χ1) is 10.1. The SMILES string of the molecule is CCN(CC)c1ccc(NC(=O)c2ccc(I)cc2)cc1. The molecule has 0 aliphatic heterocycles. The Balaban J connectivity index is 2.06. The van der Waals surface area contributed by atoms with Gasteiger partial charge in [-0.15, -0.1) is 0 Å². The van der Waals surface area contributed by atoms with Crippen LogP contribution in [0.15, 0.2) is 48.5 Å².